The van der Waals surface area contributed by atoms with Crippen LogP contribution < -0.4 is 5.56 Å². The zero-order valence-corrected chi connectivity index (χ0v) is 29.6. The van der Waals surface area contributed by atoms with Crippen molar-refractivity contribution in [2.75, 3.05) is 0 Å². The topological polar surface area (TPSA) is 53.0 Å². The Balaban J connectivity index is 1.06. The molecular weight excluding hydrogens is 675 g/mol. The van der Waals surface area contributed by atoms with Crippen molar-refractivity contribution in [1.82, 2.24) is 14.1 Å². The highest BCUT2D eigenvalue weighted by molar-refractivity contribution is 6.11. The van der Waals surface area contributed by atoms with Crippen LogP contribution in [0.5, 0.6) is 0 Å². The Morgan fingerprint density at radius 2 is 0.945 bits per heavy atom. The number of para-hydroxylation sites is 3. The number of furan rings is 1. The Hall–Kier alpha value is -7.50. The van der Waals surface area contributed by atoms with Crippen LogP contribution in [0.3, 0.4) is 0 Å². The second-order valence-corrected chi connectivity index (χ2v) is 14.0. The van der Waals surface area contributed by atoms with E-state index in [-0.39, 0.29) is 5.56 Å². The molecule has 0 amide bonds. The first kappa shape index (κ1) is 31.1. The summed E-state index contributed by atoms with van der Waals surface area (Å²) in [6, 6.07) is 64.4. The average Bonchev–Trinajstić information content (AvgIpc) is 3.79. The molecule has 5 nitrogen and oxygen atoms in total. The van der Waals surface area contributed by atoms with Gasteiger partial charge in [-0.15, -0.1) is 0 Å². The number of hydrogen-bond donors (Lipinski definition) is 0. The van der Waals surface area contributed by atoms with E-state index in [0.717, 1.165) is 55.5 Å². The first-order valence-corrected chi connectivity index (χ1v) is 18.4. The van der Waals surface area contributed by atoms with Crippen molar-refractivity contribution in [2.24, 2.45) is 0 Å². The maximum absolute atomic E-state index is 14.0. The Morgan fingerprint density at radius 3 is 1.75 bits per heavy atom. The van der Waals surface area contributed by atoms with Crippen molar-refractivity contribution in [1.29, 1.82) is 0 Å². The molecule has 0 bridgehead atoms. The maximum atomic E-state index is 14.0. The molecule has 0 saturated heterocycles. The molecule has 5 heteroatoms. The summed E-state index contributed by atoms with van der Waals surface area (Å²) in [7, 11) is 0. The molecule has 0 fully saturated rings. The van der Waals surface area contributed by atoms with Crippen molar-refractivity contribution < 1.29 is 4.42 Å². The predicted molar refractivity (Wildman–Crippen MR) is 225 cm³/mol. The number of hydrogen-bond acceptors (Lipinski definition) is 3. The van der Waals surface area contributed by atoms with E-state index < -0.39 is 0 Å². The van der Waals surface area contributed by atoms with Gasteiger partial charge in [0.25, 0.3) is 5.56 Å². The second-order valence-electron chi connectivity index (χ2n) is 14.0. The average molecular weight is 706 g/mol. The number of fused-ring (bicyclic) bond motifs is 7. The van der Waals surface area contributed by atoms with E-state index >= 15 is 0 Å². The molecule has 3 aromatic heterocycles. The van der Waals surface area contributed by atoms with Crippen LogP contribution in [0.4, 0.5) is 0 Å². The molecule has 0 saturated carbocycles. The predicted octanol–water partition coefficient (Wildman–Crippen LogP) is 12.4. The van der Waals surface area contributed by atoms with E-state index in [0.29, 0.717) is 16.7 Å². The minimum Gasteiger partial charge on any atom is -0.456 e. The summed E-state index contributed by atoms with van der Waals surface area (Å²) < 4.78 is 10.4. The van der Waals surface area contributed by atoms with Crippen molar-refractivity contribution in [3.8, 4) is 45.0 Å². The number of aromatic nitrogens is 3. The normalized spacial score (nSPS) is 11.7. The molecule has 11 rings (SSSR count). The molecule has 0 aliphatic rings. The minimum absolute atomic E-state index is 0.105. The fourth-order valence-corrected chi connectivity index (χ4v) is 8.12. The van der Waals surface area contributed by atoms with Gasteiger partial charge in [0, 0.05) is 32.8 Å². The van der Waals surface area contributed by atoms with Crippen molar-refractivity contribution in [2.45, 2.75) is 0 Å². The zero-order chi connectivity index (χ0) is 36.5. The molecule has 0 spiro atoms. The SMILES string of the molecule is O=c1c2ccccc2nc(-c2ccc3oc4ccc(-c5ccc6c(c5)c5ccccc5n6-c5cccc(-c6ccccc6)c5)cc4c3c2)n1-c1ccccc1. The molecule has 0 atom stereocenters. The van der Waals surface area contributed by atoms with Gasteiger partial charge in [0.2, 0.25) is 0 Å². The lowest BCUT2D eigenvalue weighted by atomic mass is 10.00. The van der Waals surface area contributed by atoms with E-state index in [1.54, 1.807) is 4.57 Å². The van der Waals surface area contributed by atoms with Gasteiger partial charge < -0.3 is 8.98 Å². The van der Waals surface area contributed by atoms with Gasteiger partial charge in [-0.3, -0.25) is 9.36 Å². The molecule has 11 aromatic rings. The van der Waals surface area contributed by atoms with Crippen LogP contribution in [-0.4, -0.2) is 14.1 Å². The Labute approximate surface area is 315 Å². The Kier molecular flexibility index (Phi) is 6.94. The fourth-order valence-electron chi connectivity index (χ4n) is 8.12. The highest BCUT2D eigenvalue weighted by atomic mass is 16.3. The molecule has 258 valence electrons. The van der Waals surface area contributed by atoms with Crippen LogP contribution in [0, 0.1) is 0 Å². The monoisotopic (exact) mass is 705 g/mol. The number of rotatable bonds is 5. The lowest BCUT2D eigenvalue weighted by Gasteiger charge is -2.14. The summed E-state index contributed by atoms with van der Waals surface area (Å²) in [6.07, 6.45) is 0. The van der Waals surface area contributed by atoms with Gasteiger partial charge in [-0.1, -0.05) is 103 Å². The fraction of sp³-hybridized carbons (Fsp3) is 0. The summed E-state index contributed by atoms with van der Waals surface area (Å²) in [5.41, 5.74) is 11.8. The van der Waals surface area contributed by atoms with Crippen LogP contribution in [0.2, 0.25) is 0 Å². The van der Waals surface area contributed by atoms with Crippen LogP contribution in [0.1, 0.15) is 0 Å². The second kappa shape index (κ2) is 12.3. The summed E-state index contributed by atoms with van der Waals surface area (Å²) in [5, 5.41) is 4.95. The third kappa shape index (κ3) is 5.02. The van der Waals surface area contributed by atoms with Crippen molar-refractivity contribution in [3.63, 3.8) is 0 Å². The van der Waals surface area contributed by atoms with Gasteiger partial charge in [0.15, 0.2) is 0 Å². The van der Waals surface area contributed by atoms with Crippen LogP contribution in [-0.2, 0) is 0 Å². The summed E-state index contributed by atoms with van der Waals surface area (Å²) in [4.78, 5) is 19.0. The standard InChI is InChI=1S/C50H31N3O2/c54-50-40-19-7-9-20-44(40)51-49(53(50)37-15-5-2-6-16-37)36-24-27-48-43(31-36)42-30-35(23-26-47(42)55-48)34-22-25-46-41(29-34)39-18-8-10-21-45(39)52(46)38-17-11-14-33(28-38)32-12-3-1-4-13-32/h1-31H. The smallest absolute Gasteiger partial charge is 0.266 e. The quantitative estimate of drug-likeness (QED) is 0.179. The lowest BCUT2D eigenvalue weighted by Crippen LogP contribution is -2.21. The van der Waals surface area contributed by atoms with E-state index in [4.69, 9.17) is 9.40 Å². The highest BCUT2D eigenvalue weighted by Gasteiger charge is 2.18. The molecule has 8 aromatic carbocycles. The largest absolute Gasteiger partial charge is 0.456 e. The zero-order valence-electron chi connectivity index (χ0n) is 29.6. The maximum Gasteiger partial charge on any atom is 0.266 e. The third-order valence-corrected chi connectivity index (χ3v) is 10.7. The van der Waals surface area contributed by atoms with E-state index in [9.17, 15) is 4.79 Å². The van der Waals surface area contributed by atoms with Crippen LogP contribution >= 0.6 is 0 Å². The van der Waals surface area contributed by atoms with Gasteiger partial charge in [-0.25, -0.2) is 4.98 Å². The first-order valence-electron chi connectivity index (χ1n) is 18.4. The lowest BCUT2D eigenvalue weighted by molar-refractivity contribution is 0.669. The Morgan fingerprint density at radius 1 is 0.382 bits per heavy atom. The Bertz CT molecular complexity index is 3340. The molecule has 0 radical (unpaired) electrons. The van der Waals surface area contributed by atoms with Gasteiger partial charge in [0.05, 0.1) is 27.6 Å². The molecular formula is C50H31N3O2. The number of benzene rings is 8. The van der Waals surface area contributed by atoms with E-state index in [1.807, 2.05) is 66.7 Å². The van der Waals surface area contributed by atoms with E-state index in [2.05, 4.69) is 126 Å². The van der Waals surface area contributed by atoms with Gasteiger partial charge in [-0.05, 0) is 107 Å². The summed E-state index contributed by atoms with van der Waals surface area (Å²) in [6.45, 7) is 0. The molecule has 0 aliphatic heterocycles. The van der Waals surface area contributed by atoms with Crippen molar-refractivity contribution >= 4 is 54.6 Å². The minimum atomic E-state index is -0.105. The van der Waals surface area contributed by atoms with E-state index in [1.165, 1.54) is 27.4 Å². The molecule has 0 N–H and O–H groups in total. The van der Waals surface area contributed by atoms with Crippen LogP contribution in [0.15, 0.2) is 197 Å². The van der Waals surface area contributed by atoms with Gasteiger partial charge in [-0.2, -0.15) is 0 Å². The van der Waals surface area contributed by atoms with Crippen molar-refractivity contribution in [3.05, 3.63) is 198 Å². The van der Waals surface area contributed by atoms with Gasteiger partial charge >= 0.3 is 0 Å². The summed E-state index contributed by atoms with van der Waals surface area (Å²) >= 11 is 0. The molecule has 0 unspecified atom stereocenters. The van der Waals surface area contributed by atoms with Crippen LogP contribution in [0.25, 0.3) is 99.7 Å². The first-order chi connectivity index (χ1) is 27.2. The summed E-state index contributed by atoms with van der Waals surface area (Å²) in [5.74, 6) is 0.582. The number of nitrogens with zero attached hydrogens (tertiary/aromatic N) is 3. The molecule has 3 heterocycles. The van der Waals surface area contributed by atoms with Gasteiger partial charge in [0.1, 0.15) is 17.0 Å². The third-order valence-electron chi connectivity index (χ3n) is 10.7. The highest BCUT2D eigenvalue weighted by Crippen LogP contribution is 2.39. The molecule has 0 aliphatic carbocycles. The molecule has 55 heavy (non-hydrogen) atoms.